The van der Waals surface area contributed by atoms with E-state index in [0.717, 1.165) is 6.04 Å². The molecular formula is C17H39N2+. The van der Waals surface area contributed by atoms with E-state index in [1.807, 2.05) is 0 Å². The zero-order chi connectivity index (χ0) is 15.1. The summed E-state index contributed by atoms with van der Waals surface area (Å²) in [5.74, 6) is 0. The van der Waals surface area contributed by atoms with Gasteiger partial charge in [-0.1, -0.05) is 34.1 Å². The first kappa shape index (κ1) is 18.9. The molecule has 2 atom stereocenters. The van der Waals surface area contributed by atoms with Gasteiger partial charge in [0.1, 0.15) is 6.17 Å². The number of hydrogen-bond acceptors (Lipinski definition) is 1. The Morgan fingerprint density at radius 2 is 1.47 bits per heavy atom. The minimum atomic E-state index is 0.378. The monoisotopic (exact) mass is 271 g/mol. The molecule has 0 aliphatic rings. The van der Waals surface area contributed by atoms with Gasteiger partial charge in [-0.3, -0.25) is 5.32 Å². The molecule has 0 spiro atoms. The summed E-state index contributed by atoms with van der Waals surface area (Å²) in [4.78, 5) is 0. The summed E-state index contributed by atoms with van der Waals surface area (Å²) in [6.45, 7) is 19.1. The topological polar surface area (TPSA) is 12.0 Å². The average Bonchev–Trinajstić information content (AvgIpc) is 2.44. The van der Waals surface area contributed by atoms with Gasteiger partial charge in [-0.15, -0.1) is 0 Å². The van der Waals surface area contributed by atoms with Crippen molar-refractivity contribution in [3.63, 3.8) is 0 Å². The molecule has 116 valence electrons. The lowest BCUT2D eigenvalue weighted by atomic mass is 9.78. The van der Waals surface area contributed by atoms with E-state index in [2.05, 4.69) is 60.8 Å². The van der Waals surface area contributed by atoms with Crippen LogP contribution in [0.15, 0.2) is 0 Å². The Kier molecular flexibility index (Phi) is 8.23. The van der Waals surface area contributed by atoms with Gasteiger partial charge in [0.15, 0.2) is 0 Å². The van der Waals surface area contributed by atoms with Gasteiger partial charge in [-0.05, 0) is 47.1 Å². The Morgan fingerprint density at radius 3 is 1.74 bits per heavy atom. The molecule has 0 bridgehead atoms. The zero-order valence-corrected chi connectivity index (χ0v) is 14.8. The van der Waals surface area contributed by atoms with Crippen molar-refractivity contribution in [3.05, 3.63) is 0 Å². The fourth-order valence-corrected chi connectivity index (χ4v) is 4.00. The summed E-state index contributed by atoms with van der Waals surface area (Å²) in [7, 11) is 2.16. The fraction of sp³-hybridized carbons (Fsp3) is 1.00. The van der Waals surface area contributed by atoms with E-state index in [1.165, 1.54) is 43.3 Å². The highest BCUT2D eigenvalue weighted by molar-refractivity contribution is 4.81. The van der Waals surface area contributed by atoms with E-state index in [1.54, 1.807) is 0 Å². The second-order valence-electron chi connectivity index (χ2n) is 6.43. The first-order chi connectivity index (χ1) is 8.92. The minimum absolute atomic E-state index is 0.378. The summed E-state index contributed by atoms with van der Waals surface area (Å²) in [6.07, 6.45) is 5.65. The van der Waals surface area contributed by atoms with Gasteiger partial charge in [-0.25, -0.2) is 0 Å². The van der Waals surface area contributed by atoms with Crippen LogP contribution in [0.5, 0.6) is 0 Å². The molecule has 19 heavy (non-hydrogen) atoms. The van der Waals surface area contributed by atoms with Crippen molar-refractivity contribution in [1.29, 1.82) is 0 Å². The van der Waals surface area contributed by atoms with Gasteiger partial charge in [0.25, 0.3) is 0 Å². The van der Waals surface area contributed by atoms with Crippen molar-refractivity contribution in [1.82, 2.24) is 5.32 Å². The van der Waals surface area contributed by atoms with Crippen molar-refractivity contribution < 1.29 is 4.48 Å². The van der Waals surface area contributed by atoms with Gasteiger partial charge in [0.05, 0.1) is 19.1 Å². The molecule has 0 saturated heterocycles. The number of quaternary nitrogens is 1. The second-order valence-corrected chi connectivity index (χ2v) is 6.43. The summed E-state index contributed by atoms with van der Waals surface area (Å²) < 4.78 is 1.21. The van der Waals surface area contributed by atoms with Crippen molar-refractivity contribution >= 4 is 0 Å². The van der Waals surface area contributed by atoms with Crippen LogP contribution in [-0.4, -0.2) is 36.8 Å². The van der Waals surface area contributed by atoms with Gasteiger partial charge in [0.2, 0.25) is 0 Å². The molecule has 0 aliphatic carbocycles. The summed E-state index contributed by atoms with van der Waals surface area (Å²) in [5, 5.41) is 3.70. The van der Waals surface area contributed by atoms with E-state index in [4.69, 9.17) is 0 Å². The lowest BCUT2D eigenvalue weighted by molar-refractivity contribution is -0.978. The highest BCUT2D eigenvalue weighted by atomic mass is 15.5. The molecule has 2 unspecified atom stereocenters. The van der Waals surface area contributed by atoms with Crippen molar-refractivity contribution in [2.75, 3.05) is 20.1 Å². The van der Waals surface area contributed by atoms with Crippen molar-refractivity contribution in [2.45, 2.75) is 86.4 Å². The average molecular weight is 272 g/mol. The third-order valence-corrected chi connectivity index (χ3v) is 5.82. The predicted molar refractivity (Wildman–Crippen MR) is 87.2 cm³/mol. The Labute approximate surface area is 122 Å². The molecule has 0 amide bonds. The van der Waals surface area contributed by atoms with Crippen LogP contribution in [-0.2, 0) is 0 Å². The summed E-state index contributed by atoms with van der Waals surface area (Å²) in [6, 6.07) is 0.731. The molecule has 2 heteroatoms. The van der Waals surface area contributed by atoms with Crippen LogP contribution < -0.4 is 5.32 Å². The predicted octanol–water partition coefficient (Wildman–Crippen LogP) is 4.40. The molecule has 0 fully saturated rings. The first-order valence-electron chi connectivity index (χ1n) is 8.45. The maximum Gasteiger partial charge on any atom is 0.148 e. The van der Waals surface area contributed by atoms with Crippen LogP contribution in [0.4, 0.5) is 0 Å². The second kappa shape index (κ2) is 8.26. The highest BCUT2D eigenvalue weighted by Gasteiger charge is 2.46. The van der Waals surface area contributed by atoms with Crippen LogP contribution in [0.25, 0.3) is 0 Å². The molecule has 2 nitrogen and oxygen atoms in total. The van der Waals surface area contributed by atoms with E-state index in [-0.39, 0.29) is 0 Å². The standard InChI is InChI=1S/C17H39N2/c1-9-14-15(6)19(12-4,13-5)16(18-8)17(7,10-2)11-3/h15-16,18H,9-14H2,1-8H3/q+1. The molecule has 0 rings (SSSR count). The van der Waals surface area contributed by atoms with Gasteiger partial charge in [-0.2, -0.15) is 0 Å². The van der Waals surface area contributed by atoms with E-state index < -0.39 is 0 Å². The number of nitrogens with zero attached hydrogens (tertiary/aromatic N) is 1. The maximum atomic E-state index is 3.70. The molecular weight excluding hydrogens is 232 g/mol. The van der Waals surface area contributed by atoms with Crippen molar-refractivity contribution in [2.24, 2.45) is 5.41 Å². The Hall–Kier alpha value is -0.0800. The number of rotatable bonds is 10. The lowest BCUT2D eigenvalue weighted by Crippen LogP contribution is -2.69. The Bertz CT molecular complexity index is 229. The normalized spacial score (nSPS) is 16.4. The highest BCUT2D eigenvalue weighted by Crippen LogP contribution is 2.37. The van der Waals surface area contributed by atoms with Crippen molar-refractivity contribution in [3.8, 4) is 0 Å². The van der Waals surface area contributed by atoms with Gasteiger partial charge in [0, 0.05) is 5.41 Å². The number of hydrogen-bond donors (Lipinski definition) is 1. The number of nitrogens with one attached hydrogen (secondary N) is 1. The smallest absolute Gasteiger partial charge is 0.148 e. The third-order valence-electron chi connectivity index (χ3n) is 5.82. The molecule has 0 radical (unpaired) electrons. The van der Waals surface area contributed by atoms with Gasteiger partial charge < -0.3 is 4.48 Å². The van der Waals surface area contributed by atoms with E-state index in [0.29, 0.717) is 11.6 Å². The molecule has 0 aliphatic heterocycles. The molecule has 0 heterocycles. The van der Waals surface area contributed by atoms with Crippen LogP contribution in [0.2, 0.25) is 0 Å². The summed E-state index contributed by atoms with van der Waals surface area (Å²) in [5.41, 5.74) is 0.378. The van der Waals surface area contributed by atoms with E-state index >= 15 is 0 Å². The van der Waals surface area contributed by atoms with Crippen LogP contribution in [0, 0.1) is 5.41 Å². The van der Waals surface area contributed by atoms with Crippen LogP contribution in [0.1, 0.15) is 74.1 Å². The SMILES string of the molecule is CCCC(C)[N+](CC)(CC)C(NC)C(C)(CC)CC. The quantitative estimate of drug-likeness (QED) is 0.458. The molecule has 0 aromatic carbocycles. The first-order valence-corrected chi connectivity index (χ1v) is 8.45. The maximum absolute atomic E-state index is 3.70. The molecule has 0 aromatic heterocycles. The summed E-state index contributed by atoms with van der Waals surface area (Å²) >= 11 is 0. The fourth-order valence-electron chi connectivity index (χ4n) is 4.00. The molecule has 1 N–H and O–H groups in total. The molecule has 0 saturated carbocycles. The van der Waals surface area contributed by atoms with Gasteiger partial charge >= 0.3 is 0 Å². The Balaban J connectivity index is 5.54. The minimum Gasteiger partial charge on any atom is -0.307 e. The third kappa shape index (κ3) is 3.72. The zero-order valence-electron chi connectivity index (χ0n) is 14.8. The largest absolute Gasteiger partial charge is 0.307 e. The van der Waals surface area contributed by atoms with E-state index in [9.17, 15) is 0 Å². The Morgan fingerprint density at radius 1 is 1.00 bits per heavy atom. The van der Waals surface area contributed by atoms with Crippen LogP contribution in [0.3, 0.4) is 0 Å². The molecule has 0 aromatic rings. The lowest BCUT2D eigenvalue weighted by Gasteiger charge is -2.54. The van der Waals surface area contributed by atoms with Crippen LogP contribution >= 0.6 is 0 Å².